The summed E-state index contributed by atoms with van der Waals surface area (Å²) in [6.45, 7) is 0. The number of hydrogen-bond donors (Lipinski definition) is 2. The summed E-state index contributed by atoms with van der Waals surface area (Å²) < 4.78 is 19.6. The van der Waals surface area contributed by atoms with Gasteiger partial charge >= 0.3 is 0 Å². The lowest BCUT2D eigenvalue weighted by Gasteiger charge is -2.32. The molecule has 24 heavy (non-hydrogen) atoms. The Hall–Kier alpha value is -2.82. The highest BCUT2D eigenvalue weighted by molar-refractivity contribution is 5.93. The summed E-state index contributed by atoms with van der Waals surface area (Å²) in [4.78, 5) is 4.47. The molecule has 0 saturated carbocycles. The second-order valence-corrected chi connectivity index (χ2v) is 5.99. The number of fused-ring (bicyclic) bond motifs is 2. The Morgan fingerprint density at radius 3 is 2.83 bits per heavy atom. The van der Waals surface area contributed by atoms with Gasteiger partial charge in [0.15, 0.2) is 5.96 Å². The molecular formula is C19H18FN3O. The van der Waals surface area contributed by atoms with Gasteiger partial charge in [0.1, 0.15) is 17.6 Å². The summed E-state index contributed by atoms with van der Waals surface area (Å²) in [7, 11) is 1.64. The number of methoxy groups -OCH3 is 1. The summed E-state index contributed by atoms with van der Waals surface area (Å²) in [5.41, 5.74) is 10.8. The third kappa shape index (κ3) is 2.33. The third-order valence-electron chi connectivity index (χ3n) is 4.62. The van der Waals surface area contributed by atoms with Crippen molar-refractivity contribution >= 4 is 11.7 Å². The van der Waals surface area contributed by atoms with E-state index in [-0.39, 0.29) is 11.9 Å². The van der Waals surface area contributed by atoms with Crippen molar-refractivity contribution in [1.29, 1.82) is 0 Å². The number of nitrogens with zero attached hydrogens (tertiary/aromatic N) is 1. The van der Waals surface area contributed by atoms with E-state index in [1.807, 2.05) is 18.2 Å². The monoisotopic (exact) mass is 323 g/mol. The Morgan fingerprint density at radius 1 is 1.21 bits per heavy atom. The highest BCUT2D eigenvalue weighted by Gasteiger charge is 2.31. The standard InChI is InChI=1S/C19H18FN3O/c1-24-12-8-6-11-7-9-14-17(13-4-2-3-5-16(13)20)22-19(21)23-18(14)15(11)10-12/h2-6,8,10,17H,7,9H2,1H3,(H3,21,22,23)/t17-/m1/s1. The molecule has 0 saturated heterocycles. The molecule has 2 aromatic carbocycles. The van der Waals surface area contributed by atoms with Crippen LogP contribution in [0.4, 0.5) is 4.39 Å². The maximum absolute atomic E-state index is 14.3. The molecule has 4 nitrogen and oxygen atoms in total. The minimum atomic E-state index is -0.387. The van der Waals surface area contributed by atoms with Gasteiger partial charge in [-0.1, -0.05) is 24.3 Å². The third-order valence-corrected chi connectivity index (χ3v) is 4.62. The number of hydrogen-bond acceptors (Lipinski definition) is 4. The number of nitrogens with one attached hydrogen (secondary N) is 1. The number of aliphatic imine (C=N–C) groups is 1. The molecule has 0 aromatic heterocycles. The summed E-state index contributed by atoms with van der Waals surface area (Å²) in [5, 5.41) is 3.17. The van der Waals surface area contributed by atoms with Crippen molar-refractivity contribution in [2.45, 2.75) is 18.9 Å². The molecule has 0 radical (unpaired) electrons. The zero-order chi connectivity index (χ0) is 16.7. The molecule has 4 rings (SSSR count). The van der Waals surface area contributed by atoms with Gasteiger partial charge in [0.05, 0.1) is 12.8 Å². The number of guanidine groups is 1. The van der Waals surface area contributed by atoms with E-state index in [1.165, 1.54) is 11.6 Å². The van der Waals surface area contributed by atoms with Gasteiger partial charge in [-0.15, -0.1) is 0 Å². The quantitative estimate of drug-likeness (QED) is 0.892. The number of benzene rings is 2. The van der Waals surface area contributed by atoms with E-state index in [2.05, 4.69) is 16.4 Å². The van der Waals surface area contributed by atoms with Crippen LogP contribution in [0.1, 0.15) is 29.2 Å². The molecule has 0 fully saturated rings. The number of rotatable bonds is 2. The highest BCUT2D eigenvalue weighted by atomic mass is 19.1. The first-order chi connectivity index (χ1) is 11.7. The number of aryl methyl sites for hydroxylation is 1. The average molecular weight is 323 g/mol. The molecule has 0 unspecified atom stereocenters. The van der Waals surface area contributed by atoms with Gasteiger partial charge in [-0.3, -0.25) is 0 Å². The largest absolute Gasteiger partial charge is 0.497 e. The molecule has 1 heterocycles. The van der Waals surface area contributed by atoms with Crippen LogP contribution in [0, 0.1) is 5.82 Å². The molecule has 1 atom stereocenters. The molecular weight excluding hydrogens is 305 g/mol. The van der Waals surface area contributed by atoms with Gasteiger partial charge < -0.3 is 15.8 Å². The summed E-state index contributed by atoms with van der Waals surface area (Å²) in [6, 6.07) is 12.4. The minimum Gasteiger partial charge on any atom is -0.497 e. The smallest absolute Gasteiger partial charge is 0.194 e. The number of halogens is 1. The molecule has 0 spiro atoms. The van der Waals surface area contributed by atoms with Crippen LogP contribution in [0.25, 0.3) is 5.70 Å². The fourth-order valence-corrected chi connectivity index (χ4v) is 3.45. The molecule has 3 N–H and O–H groups in total. The summed E-state index contributed by atoms with van der Waals surface area (Å²) >= 11 is 0. The Balaban J connectivity index is 1.87. The van der Waals surface area contributed by atoms with Crippen LogP contribution in [0.15, 0.2) is 53.0 Å². The first-order valence-electron chi connectivity index (χ1n) is 7.92. The van der Waals surface area contributed by atoms with Crippen LogP contribution in [0.3, 0.4) is 0 Å². The van der Waals surface area contributed by atoms with Crippen LogP contribution >= 0.6 is 0 Å². The van der Waals surface area contributed by atoms with E-state index >= 15 is 0 Å². The number of ether oxygens (including phenoxy) is 1. The van der Waals surface area contributed by atoms with Gasteiger partial charge in [-0.25, -0.2) is 9.38 Å². The minimum absolute atomic E-state index is 0.260. The van der Waals surface area contributed by atoms with Gasteiger partial charge in [-0.2, -0.15) is 0 Å². The lowest BCUT2D eigenvalue weighted by Crippen LogP contribution is -2.37. The number of nitrogens with two attached hydrogens (primary N) is 1. The lowest BCUT2D eigenvalue weighted by molar-refractivity contribution is 0.414. The molecule has 2 aliphatic rings. The zero-order valence-electron chi connectivity index (χ0n) is 13.3. The first kappa shape index (κ1) is 14.8. The topological polar surface area (TPSA) is 59.6 Å². The van der Waals surface area contributed by atoms with Crippen molar-refractivity contribution in [3.63, 3.8) is 0 Å². The van der Waals surface area contributed by atoms with Gasteiger partial charge in [-0.05, 0) is 42.2 Å². The van der Waals surface area contributed by atoms with Crippen molar-refractivity contribution in [1.82, 2.24) is 5.32 Å². The second kappa shape index (κ2) is 5.67. The van der Waals surface area contributed by atoms with E-state index in [1.54, 1.807) is 19.2 Å². The van der Waals surface area contributed by atoms with E-state index in [9.17, 15) is 4.39 Å². The van der Waals surface area contributed by atoms with E-state index < -0.39 is 0 Å². The molecule has 1 aliphatic heterocycles. The molecule has 122 valence electrons. The highest BCUT2D eigenvalue weighted by Crippen LogP contribution is 2.41. The van der Waals surface area contributed by atoms with Crippen molar-refractivity contribution in [3.05, 3.63) is 70.5 Å². The fraction of sp³-hybridized carbons (Fsp3) is 0.211. The normalized spacial score (nSPS) is 19.1. The second-order valence-electron chi connectivity index (χ2n) is 5.99. The van der Waals surface area contributed by atoms with Gasteiger partial charge in [0, 0.05) is 11.1 Å². The van der Waals surface area contributed by atoms with Crippen molar-refractivity contribution < 1.29 is 9.13 Å². The molecule has 0 bridgehead atoms. The fourth-order valence-electron chi connectivity index (χ4n) is 3.45. The molecule has 2 aromatic rings. The van der Waals surface area contributed by atoms with Gasteiger partial charge in [0.2, 0.25) is 0 Å². The Bertz CT molecular complexity index is 873. The zero-order valence-corrected chi connectivity index (χ0v) is 13.3. The maximum atomic E-state index is 14.3. The van der Waals surface area contributed by atoms with Crippen molar-refractivity contribution in [3.8, 4) is 5.75 Å². The lowest BCUT2D eigenvalue weighted by atomic mass is 9.83. The molecule has 5 heteroatoms. The summed E-state index contributed by atoms with van der Waals surface area (Å²) in [5.74, 6) is 0.828. The Labute approximate surface area is 139 Å². The van der Waals surface area contributed by atoms with E-state index in [0.717, 1.165) is 35.4 Å². The predicted octanol–water partition coefficient (Wildman–Crippen LogP) is 3.15. The first-order valence-corrected chi connectivity index (χ1v) is 7.92. The SMILES string of the molecule is COc1ccc2c(c1)C1=C(CC2)[C@@H](c2ccccc2F)N=C(N)N1. The van der Waals surface area contributed by atoms with Crippen LogP contribution in [-0.4, -0.2) is 13.1 Å². The van der Waals surface area contributed by atoms with Crippen molar-refractivity contribution in [2.75, 3.05) is 7.11 Å². The average Bonchev–Trinajstić information content (AvgIpc) is 2.61. The Kier molecular flexibility index (Phi) is 3.49. The van der Waals surface area contributed by atoms with E-state index in [0.29, 0.717) is 11.5 Å². The summed E-state index contributed by atoms with van der Waals surface area (Å²) in [6.07, 6.45) is 1.71. The molecule has 1 aliphatic carbocycles. The Morgan fingerprint density at radius 2 is 2.04 bits per heavy atom. The van der Waals surface area contributed by atoms with E-state index in [4.69, 9.17) is 10.5 Å². The van der Waals surface area contributed by atoms with Crippen molar-refractivity contribution in [2.24, 2.45) is 10.7 Å². The maximum Gasteiger partial charge on any atom is 0.194 e. The van der Waals surface area contributed by atoms with Crippen LogP contribution in [0.5, 0.6) is 5.75 Å². The molecule has 0 amide bonds. The van der Waals surface area contributed by atoms with Crippen LogP contribution in [0.2, 0.25) is 0 Å². The van der Waals surface area contributed by atoms with Gasteiger partial charge in [0.25, 0.3) is 0 Å². The van der Waals surface area contributed by atoms with Crippen LogP contribution < -0.4 is 15.8 Å². The van der Waals surface area contributed by atoms with Crippen LogP contribution in [-0.2, 0) is 6.42 Å². The predicted molar refractivity (Wildman–Crippen MR) is 92.1 cm³/mol.